The first-order valence-corrected chi connectivity index (χ1v) is 9.59. The molecule has 0 saturated heterocycles. The van der Waals surface area contributed by atoms with Crippen molar-refractivity contribution in [3.05, 3.63) is 29.6 Å². The van der Waals surface area contributed by atoms with Gasteiger partial charge in [-0.15, -0.1) is 0 Å². The fourth-order valence-corrected chi connectivity index (χ4v) is 3.22. The van der Waals surface area contributed by atoms with Gasteiger partial charge < -0.3 is 10.6 Å². The van der Waals surface area contributed by atoms with Gasteiger partial charge in [0, 0.05) is 39.2 Å². The largest absolute Gasteiger partial charge is 0.355 e. The van der Waals surface area contributed by atoms with E-state index in [2.05, 4.69) is 15.6 Å². The minimum absolute atomic E-state index is 0.0417. The summed E-state index contributed by atoms with van der Waals surface area (Å²) in [5, 5.41) is 5.40. The van der Waals surface area contributed by atoms with E-state index in [1.54, 1.807) is 34.7 Å². The molecule has 2 aromatic heterocycles. The van der Waals surface area contributed by atoms with E-state index < -0.39 is 0 Å². The van der Waals surface area contributed by atoms with Crippen LogP contribution >= 0.6 is 0 Å². The molecule has 3 amide bonds. The van der Waals surface area contributed by atoms with Gasteiger partial charge in [0.25, 0.3) is 5.91 Å². The summed E-state index contributed by atoms with van der Waals surface area (Å²) in [5.74, 6) is 0.271. The van der Waals surface area contributed by atoms with Gasteiger partial charge in [0.2, 0.25) is 11.8 Å². The lowest BCUT2D eigenvalue weighted by atomic mass is 10.0. The van der Waals surface area contributed by atoms with E-state index in [1.807, 2.05) is 20.8 Å². The fourth-order valence-electron chi connectivity index (χ4n) is 3.22. The van der Waals surface area contributed by atoms with Crippen molar-refractivity contribution in [1.29, 1.82) is 0 Å². The average Bonchev–Trinajstić information content (AvgIpc) is 2.99. The SMILES string of the molecule is CCC(CC)C(=O)N(C)c1c(C)nc2ccc(C(=O)NCCNC(C)=O)cn12. The van der Waals surface area contributed by atoms with Crippen LogP contribution in [0.5, 0.6) is 0 Å². The number of carbonyl (C=O) groups is 3. The second-order valence-electron chi connectivity index (χ2n) is 6.82. The third-order valence-corrected chi connectivity index (χ3v) is 4.79. The van der Waals surface area contributed by atoms with Crippen LogP contribution in [0.25, 0.3) is 5.65 Å². The normalized spacial score (nSPS) is 10.9. The molecule has 2 aromatic rings. The maximum absolute atomic E-state index is 12.8. The number of fused-ring (bicyclic) bond motifs is 1. The molecule has 0 aliphatic carbocycles. The molecule has 0 aliphatic heterocycles. The minimum Gasteiger partial charge on any atom is -0.355 e. The molecule has 0 radical (unpaired) electrons. The Labute approximate surface area is 165 Å². The number of anilines is 1. The summed E-state index contributed by atoms with van der Waals surface area (Å²) in [6.45, 7) is 7.99. The van der Waals surface area contributed by atoms with Gasteiger partial charge in [-0.3, -0.25) is 23.7 Å². The third-order valence-electron chi connectivity index (χ3n) is 4.79. The third kappa shape index (κ3) is 4.68. The van der Waals surface area contributed by atoms with Crippen molar-refractivity contribution in [1.82, 2.24) is 20.0 Å². The summed E-state index contributed by atoms with van der Waals surface area (Å²) in [4.78, 5) is 42.3. The zero-order valence-corrected chi connectivity index (χ0v) is 17.2. The first-order chi connectivity index (χ1) is 13.3. The molecule has 0 saturated carbocycles. The highest BCUT2D eigenvalue weighted by atomic mass is 16.2. The van der Waals surface area contributed by atoms with Crippen LogP contribution in [0.2, 0.25) is 0 Å². The van der Waals surface area contributed by atoms with Crippen molar-refractivity contribution in [3.8, 4) is 0 Å². The van der Waals surface area contributed by atoms with Crippen LogP contribution in [0.15, 0.2) is 18.3 Å². The summed E-state index contributed by atoms with van der Waals surface area (Å²) in [6, 6.07) is 3.46. The first-order valence-electron chi connectivity index (χ1n) is 9.59. The molecule has 0 bridgehead atoms. The van der Waals surface area contributed by atoms with E-state index >= 15 is 0 Å². The Hall–Kier alpha value is -2.90. The van der Waals surface area contributed by atoms with Crippen molar-refractivity contribution in [2.24, 2.45) is 5.92 Å². The highest BCUT2D eigenvalue weighted by Gasteiger charge is 2.24. The van der Waals surface area contributed by atoms with Gasteiger partial charge in [0.1, 0.15) is 11.5 Å². The molecular weight excluding hydrogens is 358 g/mol. The van der Waals surface area contributed by atoms with Crippen molar-refractivity contribution in [2.45, 2.75) is 40.5 Å². The van der Waals surface area contributed by atoms with Gasteiger partial charge in [0.05, 0.1) is 11.3 Å². The van der Waals surface area contributed by atoms with Crippen molar-refractivity contribution < 1.29 is 14.4 Å². The number of hydrogen-bond acceptors (Lipinski definition) is 4. The van der Waals surface area contributed by atoms with Gasteiger partial charge in [-0.05, 0) is 31.9 Å². The number of nitrogens with one attached hydrogen (secondary N) is 2. The highest BCUT2D eigenvalue weighted by Crippen LogP contribution is 2.24. The summed E-state index contributed by atoms with van der Waals surface area (Å²) in [7, 11) is 1.75. The molecule has 0 atom stereocenters. The molecule has 2 N–H and O–H groups in total. The number of amides is 3. The van der Waals surface area contributed by atoms with Crippen molar-refractivity contribution in [3.63, 3.8) is 0 Å². The number of aromatic nitrogens is 2. The van der Waals surface area contributed by atoms with Crippen LogP contribution < -0.4 is 15.5 Å². The first kappa shape index (κ1) is 21.4. The molecule has 0 fully saturated rings. The summed E-state index contributed by atoms with van der Waals surface area (Å²) < 4.78 is 1.78. The van der Waals surface area contributed by atoms with Crippen LogP contribution in [0.3, 0.4) is 0 Å². The van der Waals surface area contributed by atoms with Gasteiger partial charge in [0.15, 0.2) is 0 Å². The molecule has 0 unspecified atom stereocenters. The number of hydrogen-bond donors (Lipinski definition) is 2. The van der Waals surface area contributed by atoms with E-state index in [0.29, 0.717) is 30.1 Å². The smallest absolute Gasteiger partial charge is 0.252 e. The second kappa shape index (κ2) is 9.34. The lowest BCUT2D eigenvalue weighted by Gasteiger charge is -2.22. The molecular formula is C20H29N5O3. The van der Waals surface area contributed by atoms with Crippen LogP contribution in [0, 0.1) is 12.8 Å². The fraction of sp³-hybridized carbons (Fsp3) is 0.500. The molecule has 0 spiro atoms. The topological polar surface area (TPSA) is 95.8 Å². The predicted octanol–water partition coefficient (Wildman–Crippen LogP) is 1.91. The molecule has 8 nitrogen and oxygen atoms in total. The molecule has 0 aliphatic rings. The number of nitrogens with zero attached hydrogens (tertiary/aromatic N) is 3. The Kier molecular flexibility index (Phi) is 7.14. The Morgan fingerprint density at radius 2 is 1.79 bits per heavy atom. The Morgan fingerprint density at radius 1 is 1.14 bits per heavy atom. The van der Waals surface area contributed by atoms with Crippen molar-refractivity contribution in [2.75, 3.05) is 25.0 Å². The zero-order chi connectivity index (χ0) is 20.8. The molecule has 152 valence electrons. The standard InChI is InChI=1S/C20H29N5O3/c1-6-15(7-2)20(28)24(5)19-13(3)23-17-9-8-16(12-25(17)19)18(27)22-11-10-21-14(4)26/h8-9,12,15H,6-7,10-11H2,1-5H3,(H,21,26)(H,22,27). The molecule has 0 aromatic carbocycles. The monoisotopic (exact) mass is 387 g/mol. The number of imidazole rings is 1. The number of aryl methyl sites for hydroxylation is 1. The Bertz CT molecular complexity index is 870. The lowest BCUT2D eigenvalue weighted by molar-refractivity contribution is -0.122. The van der Waals surface area contributed by atoms with Crippen LogP contribution in [-0.2, 0) is 9.59 Å². The lowest BCUT2D eigenvalue weighted by Crippen LogP contribution is -2.34. The summed E-state index contributed by atoms with van der Waals surface area (Å²) in [5.41, 5.74) is 1.86. The number of rotatable bonds is 8. The number of pyridine rings is 1. The zero-order valence-electron chi connectivity index (χ0n) is 17.2. The van der Waals surface area contributed by atoms with E-state index in [9.17, 15) is 14.4 Å². The average molecular weight is 387 g/mol. The Morgan fingerprint density at radius 3 is 2.39 bits per heavy atom. The van der Waals surface area contributed by atoms with E-state index in [1.165, 1.54) is 6.92 Å². The van der Waals surface area contributed by atoms with Gasteiger partial charge in [-0.1, -0.05) is 13.8 Å². The van der Waals surface area contributed by atoms with Crippen molar-refractivity contribution >= 4 is 29.2 Å². The van der Waals surface area contributed by atoms with Gasteiger partial charge >= 0.3 is 0 Å². The maximum Gasteiger partial charge on any atom is 0.252 e. The van der Waals surface area contributed by atoms with Crippen LogP contribution in [-0.4, -0.2) is 47.2 Å². The van der Waals surface area contributed by atoms with Gasteiger partial charge in [-0.2, -0.15) is 0 Å². The summed E-state index contributed by atoms with van der Waals surface area (Å²) >= 11 is 0. The van der Waals surface area contributed by atoms with Crippen LogP contribution in [0.1, 0.15) is 49.7 Å². The summed E-state index contributed by atoms with van der Waals surface area (Å²) in [6.07, 6.45) is 3.24. The number of carbonyl (C=O) groups excluding carboxylic acids is 3. The predicted molar refractivity (Wildman–Crippen MR) is 108 cm³/mol. The van der Waals surface area contributed by atoms with E-state index in [-0.39, 0.29) is 23.6 Å². The van der Waals surface area contributed by atoms with Gasteiger partial charge in [-0.25, -0.2) is 4.98 Å². The quantitative estimate of drug-likeness (QED) is 0.676. The van der Waals surface area contributed by atoms with Crippen LogP contribution in [0.4, 0.5) is 5.82 Å². The van der Waals surface area contributed by atoms with E-state index in [0.717, 1.165) is 18.5 Å². The molecule has 2 heterocycles. The highest BCUT2D eigenvalue weighted by molar-refractivity contribution is 5.96. The molecule has 2 rings (SSSR count). The second-order valence-corrected chi connectivity index (χ2v) is 6.82. The molecule has 28 heavy (non-hydrogen) atoms. The minimum atomic E-state index is -0.251. The molecule has 8 heteroatoms. The maximum atomic E-state index is 12.8. The van der Waals surface area contributed by atoms with E-state index in [4.69, 9.17) is 0 Å². The Balaban J connectivity index is 2.27.